The number of rotatable bonds is 8. The van der Waals surface area contributed by atoms with Gasteiger partial charge >= 0.3 is 5.97 Å². The molecule has 2 aromatic rings. The van der Waals surface area contributed by atoms with Crippen LogP contribution in [0.15, 0.2) is 48.0 Å². The van der Waals surface area contributed by atoms with Crippen molar-refractivity contribution in [2.24, 2.45) is 0 Å². The Kier molecular flexibility index (Phi) is 7.80. The first-order chi connectivity index (χ1) is 14.0. The zero-order chi connectivity index (χ0) is 21.2. The monoisotopic (exact) mass is 394 g/mol. The molecule has 0 bridgehead atoms. The molecule has 7 heteroatoms. The molecule has 0 saturated heterocycles. The number of amides is 1. The maximum absolute atomic E-state index is 12.5. The van der Waals surface area contributed by atoms with E-state index in [1.165, 1.54) is 13.2 Å². The van der Waals surface area contributed by atoms with Crippen molar-refractivity contribution in [2.75, 3.05) is 25.6 Å². The van der Waals surface area contributed by atoms with Crippen molar-refractivity contribution in [3.63, 3.8) is 0 Å². The third-order valence-electron chi connectivity index (χ3n) is 3.82. The Bertz CT molecular complexity index is 943. The molecule has 0 aliphatic rings. The molecule has 7 nitrogen and oxygen atoms in total. The van der Waals surface area contributed by atoms with Crippen LogP contribution in [0.5, 0.6) is 11.5 Å². The Morgan fingerprint density at radius 3 is 2.38 bits per heavy atom. The second kappa shape index (κ2) is 10.5. The van der Waals surface area contributed by atoms with Crippen LogP contribution in [0.25, 0.3) is 6.08 Å². The minimum atomic E-state index is -0.565. The zero-order valence-electron chi connectivity index (χ0n) is 16.5. The van der Waals surface area contributed by atoms with Gasteiger partial charge in [0.2, 0.25) is 0 Å². The normalized spacial score (nSPS) is 10.6. The summed E-state index contributed by atoms with van der Waals surface area (Å²) in [5.74, 6) is 0.0856. The maximum Gasteiger partial charge on any atom is 0.338 e. The average molecular weight is 394 g/mol. The molecule has 2 aromatic carbocycles. The fourth-order valence-electron chi connectivity index (χ4n) is 2.47. The lowest BCUT2D eigenvalue weighted by atomic mass is 10.1. The molecule has 29 heavy (non-hydrogen) atoms. The number of hydrogen-bond donors (Lipinski definition) is 1. The van der Waals surface area contributed by atoms with Gasteiger partial charge in [-0.25, -0.2) is 4.79 Å². The van der Waals surface area contributed by atoms with Crippen LogP contribution in [-0.2, 0) is 9.53 Å². The highest BCUT2D eigenvalue weighted by Gasteiger charge is 2.12. The van der Waals surface area contributed by atoms with Crippen molar-refractivity contribution < 1.29 is 23.8 Å². The highest BCUT2D eigenvalue weighted by Crippen LogP contribution is 2.29. The lowest BCUT2D eigenvalue weighted by Gasteiger charge is -2.10. The molecule has 0 spiro atoms. The van der Waals surface area contributed by atoms with Crippen LogP contribution < -0.4 is 14.8 Å². The number of nitrogens with one attached hydrogen (secondary N) is 1. The highest BCUT2D eigenvalue weighted by molar-refractivity contribution is 6.09. The Morgan fingerprint density at radius 2 is 1.79 bits per heavy atom. The van der Waals surface area contributed by atoms with Gasteiger partial charge in [-0.3, -0.25) is 4.79 Å². The van der Waals surface area contributed by atoms with E-state index in [2.05, 4.69) is 5.32 Å². The average Bonchev–Trinajstić information content (AvgIpc) is 2.73. The number of methoxy groups -OCH3 is 1. The van der Waals surface area contributed by atoms with Crippen LogP contribution in [0.2, 0.25) is 0 Å². The zero-order valence-corrected chi connectivity index (χ0v) is 16.5. The summed E-state index contributed by atoms with van der Waals surface area (Å²) in [5.41, 5.74) is 1.38. The van der Waals surface area contributed by atoms with Crippen molar-refractivity contribution in [1.29, 1.82) is 5.26 Å². The summed E-state index contributed by atoms with van der Waals surface area (Å²) in [7, 11) is 1.54. The molecule has 0 aliphatic carbocycles. The van der Waals surface area contributed by atoms with Crippen molar-refractivity contribution in [3.05, 3.63) is 59.2 Å². The molecule has 0 heterocycles. The minimum absolute atomic E-state index is 0.0768. The molecule has 0 atom stereocenters. The molecule has 0 aromatic heterocycles. The summed E-state index contributed by atoms with van der Waals surface area (Å²) in [4.78, 5) is 24.1. The van der Waals surface area contributed by atoms with Gasteiger partial charge < -0.3 is 19.5 Å². The van der Waals surface area contributed by atoms with Gasteiger partial charge in [0.1, 0.15) is 11.6 Å². The predicted molar refractivity (Wildman–Crippen MR) is 109 cm³/mol. The number of nitrogens with zero attached hydrogens (tertiary/aromatic N) is 1. The summed E-state index contributed by atoms with van der Waals surface area (Å²) < 4.78 is 15.7. The number of nitriles is 1. The van der Waals surface area contributed by atoms with E-state index in [-0.39, 0.29) is 12.2 Å². The van der Waals surface area contributed by atoms with Gasteiger partial charge in [-0.05, 0) is 61.9 Å². The second-order valence-corrected chi connectivity index (χ2v) is 5.77. The number of ether oxygens (including phenoxy) is 3. The number of carbonyl (C=O) groups excluding carboxylic acids is 2. The smallest absolute Gasteiger partial charge is 0.338 e. The molecule has 0 unspecified atom stereocenters. The Balaban J connectivity index is 2.17. The molecule has 0 aliphatic heterocycles. The van der Waals surface area contributed by atoms with Crippen molar-refractivity contribution in [3.8, 4) is 17.6 Å². The lowest BCUT2D eigenvalue weighted by Crippen LogP contribution is -2.13. The van der Waals surface area contributed by atoms with Gasteiger partial charge in [-0.2, -0.15) is 5.26 Å². The first-order valence-electron chi connectivity index (χ1n) is 9.03. The number of anilines is 1. The van der Waals surface area contributed by atoms with E-state index >= 15 is 0 Å². The first-order valence-corrected chi connectivity index (χ1v) is 9.03. The van der Waals surface area contributed by atoms with Crippen LogP contribution in [0, 0.1) is 11.3 Å². The first kappa shape index (κ1) is 21.5. The van der Waals surface area contributed by atoms with E-state index in [1.807, 2.05) is 13.0 Å². The van der Waals surface area contributed by atoms with Crippen LogP contribution in [0.4, 0.5) is 5.69 Å². The van der Waals surface area contributed by atoms with Gasteiger partial charge in [0.15, 0.2) is 11.5 Å². The summed E-state index contributed by atoms with van der Waals surface area (Å²) in [6.07, 6.45) is 1.46. The van der Waals surface area contributed by atoms with Crippen LogP contribution in [0.1, 0.15) is 29.8 Å². The van der Waals surface area contributed by atoms with Gasteiger partial charge in [-0.1, -0.05) is 6.07 Å². The van der Waals surface area contributed by atoms with Crippen molar-refractivity contribution >= 4 is 23.6 Å². The Labute approximate surface area is 169 Å². The summed E-state index contributed by atoms with van der Waals surface area (Å²) >= 11 is 0. The molecule has 0 saturated carbocycles. The second-order valence-electron chi connectivity index (χ2n) is 5.77. The summed E-state index contributed by atoms with van der Waals surface area (Å²) in [6.45, 7) is 4.31. The summed E-state index contributed by atoms with van der Waals surface area (Å²) in [5, 5.41) is 12.0. The van der Waals surface area contributed by atoms with Crippen molar-refractivity contribution in [1.82, 2.24) is 0 Å². The molecule has 150 valence electrons. The third kappa shape index (κ3) is 5.84. The van der Waals surface area contributed by atoms with E-state index in [4.69, 9.17) is 14.2 Å². The van der Waals surface area contributed by atoms with Crippen LogP contribution in [-0.4, -0.2) is 32.2 Å². The largest absolute Gasteiger partial charge is 0.493 e. The molecule has 1 amide bonds. The Hall–Kier alpha value is -3.79. The lowest BCUT2D eigenvalue weighted by molar-refractivity contribution is -0.112. The molecular weight excluding hydrogens is 372 g/mol. The van der Waals surface area contributed by atoms with Gasteiger partial charge in [0, 0.05) is 5.69 Å². The fourth-order valence-corrected chi connectivity index (χ4v) is 2.47. The molecule has 1 N–H and O–H groups in total. The van der Waals surface area contributed by atoms with E-state index in [0.29, 0.717) is 34.9 Å². The van der Waals surface area contributed by atoms with Gasteiger partial charge in [-0.15, -0.1) is 0 Å². The molecule has 2 rings (SSSR count). The molecular formula is C22H22N2O5. The number of hydrogen-bond acceptors (Lipinski definition) is 6. The van der Waals surface area contributed by atoms with Crippen LogP contribution in [0.3, 0.4) is 0 Å². The standard InChI is InChI=1S/C22H22N2O5/c1-4-28-20-13-15(6-11-19(20)27-3)12-17(14-23)21(25)24-18-9-7-16(8-10-18)22(26)29-5-2/h6-13H,4-5H2,1-3H3,(H,24,25)/b17-12+. The van der Waals surface area contributed by atoms with Gasteiger partial charge in [0.05, 0.1) is 25.9 Å². The summed E-state index contributed by atoms with van der Waals surface area (Å²) in [6, 6.07) is 13.2. The number of benzene rings is 2. The van der Waals surface area contributed by atoms with E-state index in [0.717, 1.165) is 0 Å². The Morgan fingerprint density at radius 1 is 1.07 bits per heavy atom. The van der Waals surface area contributed by atoms with Crippen molar-refractivity contribution in [2.45, 2.75) is 13.8 Å². The molecule has 0 radical (unpaired) electrons. The maximum atomic E-state index is 12.5. The van der Waals surface area contributed by atoms with E-state index < -0.39 is 11.9 Å². The predicted octanol–water partition coefficient (Wildman–Crippen LogP) is 3.82. The quantitative estimate of drug-likeness (QED) is 0.415. The van der Waals surface area contributed by atoms with E-state index in [9.17, 15) is 14.9 Å². The number of esters is 1. The van der Waals surface area contributed by atoms with Gasteiger partial charge in [0.25, 0.3) is 5.91 Å². The van der Waals surface area contributed by atoms with Crippen LogP contribution >= 0.6 is 0 Å². The molecule has 0 fully saturated rings. The fraction of sp³-hybridized carbons (Fsp3) is 0.227. The minimum Gasteiger partial charge on any atom is -0.493 e. The highest BCUT2D eigenvalue weighted by atomic mass is 16.5. The SMILES string of the molecule is CCOC(=O)c1ccc(NC(=O)/C(C#N)=C/c2ccc(OC)c(OCC)c2)cc1. The van der Waals surface area contributed by atoms with E-state index in [1.54, 1.807) is 49.4 Å². The topological polar surface area (TPSA) is 97.7 Å². The number of carbonyl (C=O) groups is 2. The third-order valence-corrected chi connectivity index (χ3v) is 3.82.